The Bertz CT molecular complexity index is 1300. The lowest BCUT2D eigenvalue weighted by Crippen LogP contribution is -2.44. The molecular formula is C26H29ClN4O4S. The number of nitrogens with one attached hydrogen (secondary N) is 2. The van der Waals surface area contributed by atoms with Crippen LogP contribution in [0.2, 0.25) is 5.02 Å². The Balaban J connectivity index is 1.50. The van der Waals surface area contributed by atoms with Crippen molar-refractivity contribution in [2.24, 2.45) is 0 Å². The van der Waals surface area contributed by atoms with Gasteiger partial charge >= 0.3 is 0 Å². The highest BCUT2D eigenvalue weighted by atomic mass is 35.5. The van der Waals surface area contributed by atoms with E-state index in [4.69, 9.17) is 21.1 Å². The normalized spacial score (nSPS) is 20.5. The standard InChI is InChI=1S/C26H29ClN4O4S/c1-15-8-17(27)9-20(25(15)35-23-12-28-11-22(23)30-16(2)32)19-5-6-29-21-10-18(36-26(19)21)13-31-14-34-7-3-4-24(31)33/h5-6,8-10,22-23,28H,3-4,7,11-14H2,1-2H3,(H,30,32)/t22-,23+/m0/s1. The van der Waals surface area contributed by atoms with Gasteiger partial charge in [0.2, 0.25) is 11.8 Å². The smallest absolute Gasteiger partial charge is 0.224 e. The number of aryl methyl sites for hydroxylation is 1. The van der Waals surface area contributed by atoms with E-state index in [1.54, 1.807) is 22.4 Å². The van der Waals surface area contributed by atoms with Crippen molar-refractivity contribution in [1.29, 1.82) is 0 Å². The van der Waals surface area contributed by atoms with Gasteiger partial charge < -0.3 is 25.0 Å². The molecule has 36 heavy (non-hydrogen) atoms. The average Bonchev–Trinajstić information content (AvgIpc) is 3.39. The molecule has 5 rings (SSSR count). The van der Waals surface area contributed by atoms with E-state index in [1.165, 1.54) is 6.92 Å². The maximum atomic E-state index is 12.5. The Kier molecular flexibility index (Phi) is 7.43. The van der Waals surface area contributed by atoms with E-state index in [0.29, 0.717) is 44.4 Å². The molecule has 0 spiro atoms. The number of benzene rings is 1. The fourth-order valence-corrected chi connectivity index (χ4v) is 6.18. The lowest BCUT2D eigenvalue weighted by atomic mass is 10.0. The number of halogens is 1. The van der Waals surface area contributed by atoms with Gasteiger partial charge in [-0.1, -0.05) is 11.6 Å². The van der Waals surface area contributed by atoms with Crippen LogP contribution in [-0.2, 0) is 20.9 Å². The molecule has 1 aromatic carbocycles. The molecule has 0 radical (unpaired) electrons. The zero-order chi connectivity index (χ0) is 25.2. The molecule has 3 aromatic rings. The van der Waals surface area contributed by atoms with Gasteiger partial charge in [-0.05, 0) is 43.2 Å². The molecule has 8 nitrogen and oxygen atoms in total. The van der Waals surface area contributed by atoms with Crippen molar-refractivity contribution in [3.8, 4) is 16.9 Å². The predicted octanol–water partition coefficient (Wildman–Crippen LogP) is 3.88. The number of fused-ring (bicyclic) bond motifs is 1. The molecule has 4 heterocycles. The summed E-state index contributed by atoms with van der Waals surface area (Å²) in [5.41, 5.74) is 3.62. The average molecular weight is 529 g/mol. The third kappa shape index (κ3) is 5.34. The van der Waals surface area contributed by atoms with E-state index >= 15 is 0 Å². The molecule has 10 heteroatoms. The van der Waals surface area contributed by atoms with E-state index < -0.39 is 0 Å². The first-order chi connectivity index (χ1) is 17.4. The molecule has 2 aliphatic rings. The van der Waals surface area contributed by atoms with Crippen LogP contribution in [0.25, 0.3) is 21.3 Å². The first kappa shape index (κ1) is 25.0. The number of nitrogens with zero attached hydrogens (tertiary/aromatic N) is 2. The fraction of sp³-hybridized carbons (Fsp3) is 0.423. The molecule has 2 aromatic heterocycles. The summed E-state index contributed by atoms with van der Waals surface area (Å²) < 4.78 is 13.1. The second-order valence-electron chi connectivity index (χ2n) is 9.24. The van der Waals surface area contributed by atoms with Crippen molar-refractivity contribution in [2.45, 2.75) is 45.4 Å². The van der Waals surface area contributed by atoms with Crippen molar-refractivity contribution >= 4 is 45.0 Å². The van der Waals surface area contributed by atoms with Gasteiger partial charge in [-0.3, -0.25) is 14.6 Å². The van der Waals surface area contributed by atoms with Crippen LogP contribution in [0, 0.1) is 6.92 Å². The molecule has 2 aliphatic heterocycles. The van der Waals surface area contributed by atoms with Crippen molar-refractivity contribution in [3.05, 3.63) is 45.9 Å². The molecular weight excluding hydrogens is 500 g/mol. The Morgan fingerprint density at radius 1 is 1.33 bits per heavy atom. The van der Waals surface area contributed by atoms with E-state index in [1.807, 2.05) is 31.2 Å². The number of carbonyl (C=O) groups is 2. The summed E-state index contributed by atoms with van der Waals surface area (Å²) in [5, 5.41) is 6.90. The fourth-order valence-electron chi connectivity index (χ4n) is 4.75. The van der Waals surface area contributed by atoms with Crippen molar-refractivity contribution in [2.75, 3.05) is 26.4 Å². The van der Waals surface area contributed by atoms with Crippen molar-refractivity contribution in [3.63, 3.8) is 0 Å². The Labute approximate surface area is 218 Å². The first-order valence-electron chi connectivity index (χ1n) is 12.1. The van der Waals surface area contributed by atoms with Crippen LogP contribution in [0.4, 0.5) is 0 Å². The van der Waals surface area contributed by atoms with Gasteiger partial charge in [0, 0.05) is 60.3 Å². The maximum Gasteiger partial charge on any atom is 0.224 e. The molecule has 2 N–H and O–H groups in total. The minimum absolute atomic E-state index is 0.0828. The van der Waals surface area contributed by atoms with Crippen LogP contribution in [0.5, 0.6) is 5.75 Å². The Hall–Kier alpha value is -2.72. The number of aromatic nitrogens is 1. The summed E-state index contributed by atoms with van der Waals surface area (Å²) in [5.74, 6) is 0.765. The van der Waals surface area contributed by atoms with Gasteiger partial charge in [0.1, 0.15) is 18.6 Å². The van der Waals surface area contributed by atoms with Crippen LogP contribution in [0.1, 0.15) is 30.2 Å². The van der Waals surface area contributed by atoms with Crippen molar-refractivity contribution < 1.29 is 19.1 Å². The zero-order valence-corrected chi connectivity index (χ0v) is 21.9. The third-order valence-corrected chi connectivity index (χ3v) is 7.80. The van der Waals surface area contributed by atoms with Gasteiger partial charge in [-0.2, -0.15) is 0 Å². The minimum Gasteiger partial charge on any atom is -0.486 e. The molecule has 0 unspecified atom stereocenters. The second-order valence-corrected chi connectivity index (χ2v) is 10.8. The second kappa shape index (κ2) is 10.7. The summed E-state index contributed by atoms with van der Waals surface area (Å²) in [6.07, 6.45) is 2.83. The SMILES string of the molecule is CC(=O)N[C@H]1CNC[C@H]1Oc1c(C)cc(Cl)cc1-c1ccnc2cc(CN3COCCCC3=O)sc12. The van der Waals surface area contributed by atoms with Gasteiger partial charge in [-0.15, -0.1) is 11.3 Å². The van der Waals surface area contributed by atoms with Crippen LogP contribution < -0.4 is 15.4 Å². The summed E-state index contributed by atoms with van der Waals surface area (Å²) in [6, 6.07) is 7.69. The van der Waals surface area contributed by atoms with Crippen LogP contribution >= 0.6 is 22.9 Å². The summed E-state index contributed by atoms with van der Waals surface area (Å²) >= 11 is 8.12. The molecule has 0 aliphatic carbocycles. The van der Waals surface area contributed by atoms with E-state index in [2.05, 4.69) is 15.6 Å². The van der Waals surface area contributed by atoms with Gasteiger partial charge in [0.05, 0.1) is 22.8 Å². The molecule has 190 valence electrons. The summed E-state index contributed by atoms with van der Waals surface area (Å²) in [4.78, 5) is 31.5. The summed E-state index contributed by atoms with van der Waals surface area (Å²) in [7, 11) is 0. The predicted molar refractivity (Wildman–Crippen MR) is 140 cm³/mol. The number of rotatable bonds is 6. The third-order valence-electron chi connectivity index (χ3n) is 6.43. The first-order valence-corrected chi connectivity index (χ1v) is 13.3. The number of hydrogen-bond acceptors (Lipinski definition) is 7. The molecule has 2 saturated heterocycles. The molecule has 0 saturated carbocycles. The van der Waals surface area contributed by atoms with E-state index in [0.717, 1.165) is 44.0 Å². The monoisotopic (exact) mass is 528 g/mol. The van der Waals surface area contributed by atoms with Crippen LogP contribution in [0.3, 0.4) is 0 Å². The van der Waals surface area contributed by atoms with Gasteiger partial charge in [-0.25, -0.2) is 0 Å². The number of hydrogen-bond donors (Lipinski definition) is 2. The molecule has 2 amide bonds. The number of ether oxygens (including phenoxy) is 2. The molecule has 0 bridgehead atoms. The highest BCUT2D eigenvalue weighted by Crippen LogP contribution is 2.42. The molecule has 2 atom stereocenters. The van der Waals surface area contributed by atoms with Gasteiger partial charge in [0.25, 0.3) is 0 Å². The Morgan fingerprint density at radius 2 is 2.19 bits per heavy atom. The van der Waals surface area contributed by atoms with Gasteiger partial charge in [0.15, 0.2) is 0 Å². The topological polar surface area (TPSA) is 92.8 Å². The van der Waals surface area contributed by atoms with E-state index in [9.17, 15) is 9.59 Å². The molecule has 2 fully saturated rings. The number of carbonyl (C=O) groups excluding carboxylic acids is 2. The lowest BCUT2D eigenvalue weighted by Gasteiger charge is -2.24. The van der Waals surface area contributed by atoms with E-state index in [-0.39, 0.29) is 24.0 Å². The zero-order valence-electron chi connectivity index (χ0n) is 20.3. The summed E-state index contributed by atoms with van der Waals surface area (Å²) in [6.45, 7) is 6.18. The number of pyridine rings is 1. The highest BCUT2D eigenvalue weighted by Gasteiger charge is 2.31. The lowest BCUT2D eigenvalue weighted by molar-refractivity contribution is -0.134. The largest absolute Gasteiger partial charge is 0.486 e. The number of amides is 2. The van der Waals surface area contributed by atoms with Crippen LogP contribution in [0.15, 0.2) is 30.5 Å². The van der Waals surface area contributed by atoms with Crippen molar-refractivity contribution in [1.82, 2.24) is 20.5 Å². The Morgan fingerprint density at radius 3 is 3.03 bits per heavy atom. The quantitative estimate of drug-likeness (QED) is 0.504. The highest BCUT2D eigenvalue weighted by molar-refractivity contribution is 7.19. The maximum absolute atomic E-state index is 12.5. The van der Waals surface area contributed by atoms with Crippen LogP contribution in [-0.4, -0.2) is 60.3 Å². The minimum atomic E-state index is -0.210. The number of thiophene rings is 1.